The Morgan fingerprint density at radius 2 is 2.12 bits per heavy atom. The van der Waals surface area contributed by atoms with E-state index in [9.17, 15) is 4.79 Å². The molecule has 0 saturated carbocycles. The van der Waals surface area contributed by atoms with Crippen LogP contribution in [-0.2, 0) is 4.74 Å². The predicted octanol–water partition coefficient (Wildman–Crippen LogP) is 1.96. The molecule has 3 saturated heterocycles. The minimum atomic E-state index is 0.141. The smallest absolute Gasteiger partial charge is 0.255 e. The SMILES string of the molecule is Cc1ccc(C(=O)N2C[C@H]3CN(CC4CCCO4)CC[C@H]3C2)cn1. The fraction of sp³-hybridized carbons (Fsp3) is 0.684. The van der Waals surface area contributed by atoms with Crippen molar-refractivity contribution < 1.29 is 9.53 Å². The highest BCUT2D eigenvalue weighted by Gasteiger charge is 2.39. The highest BCUT2D eigenvalue weighted by molar-refractivity contribution is 5.94. The molecular formula is C19H27N3O2. The second-order valence-corrected chi connectivity index (χ2v) is 7.60. The highest BCUT2D eigenvalue weighted by Crippen LogP contribution is 2.32. The van der Waals surface area contributed by atoms with Crippen molar-refractivity contribution >= 4 is 5.91 Å². The molecule has 1 unspecified atom stereocenters. The zero-order chi connectivity index (χ0) is 16.5. The number of aryl methyl sites for hydroxylation is 1. The first kappa shape index (κ1) is 16.0. The van der Waals surface area contributed by atoms with Crippen molar-refractivity contribution in [1.82, 2.24) is 14.8 Å². The van der Waals surface area contributed by atoms with Gasteiger partial charge < -0.3 is 14.5 Å². The Labute approximate surface area is 144 Å². The lowest BCUT2D eigenvalue weighted by molar-refractivity contribution is 0.0506. The third-order valence-corrected chi connectivity index (χ3v) is 5.82. The van der Waals surface area contributed by atoms with Crippen molar-refractivity contribution in [3.05, 3.63) is 29.6 Å². The molecule has 4 rings (SSSR count). The molecule has 130 valence electrons. The minimum Gasteiger partial charge on any atom is -0.377 e. The highest BCUT2D eigenvalue weighted by atomic mass is 16.5. The molecule has 24 heavy (non-hydrogen) atoms. The number of piperidine rings is 1. The molecule has 4 heterocycles. The first-order valence-corrected chi connectivity index (χ1v) is 9.25. The van der Waals surface area contributed by atoms with E-state index >= 15 is 0 Å². The van der Waals surface area contributed by atoms with Crippen LogP contribution in [-0.4, -0.2) is 66.1 Å². The third kappa shape index (κ3) is 3.33. The molecule has 1 amide bonds. The summed E-state index contributed by atoms with van der Waals surface area (Å²) in [6, 6.07) is 3.82. The van der Waals surface area contributed by atoms with E-state index in [-0.39, 0.29) is 5.91 Å². The van der Waals surface area contributed by atoms with Crippen molar-refractivity contribution in [3.63, 3.8) is 0 Å². The van der Waals surface area contributed by atoms with Crippen LogP contribution < -0.4 is 0 Å². The Morgan fingerprint density at radius 1 is 1.25 bits per heavy atom. The number of aromatic nitrogens is 1. The van der Waals surface area contributed by atoms with Crippen LogP contribution in [0.5, 0.6) is 0 Å². The fourth-order valence-electron chi connectivity index (χ4n) is 4.43. The summed E-state index contributed by atoms with van der Waals surface area (Å²) in [6.45, 7) is 8.00. The molecule has 0 spiro atoms. The second kappa shape index (κ2) is 6.81. The second-order valence-electron chi connectivity index (χ2n) is 7.60. The molecule has 1 aromatic heterocycles. The maximum atomic E-state index is 12.7. The molecule has 0 N–H and O–H groups in total. The Kier molecular flexibility index (Phi) is 4.55. The van der Waals surface area contributed by atoms with Crippen LogP contribution in [0, 0.1) is 18.8 Å². The van der Waals surface area contributed by atoms with Crippen LogP contribution in [0.4, 0.5) is 0 Å². The number of likely N-dealkylation sites (tertiary alicyclic amines) is 2. The molecule has 0 aliphatic carbocycles. The topological polar surface area (TPSA) is 45.7 Å². The summed E-state index contributed by atoms with van der Waals surface area (Å²) < 4.78 is 5.78. The van der Waals surface area contributed by atoms with Gasteiger partial charge in [0, 0.05) is 44.7 Å². The average molecular weight is 329 g/mol. The number of nitrogens with zero attached hydrogens (tertiary/aromatic N) is 3. The molecule has 0 bridgehead atoms. The third-order valence-electron chi connectivity index (χ3n) is 5.82. The molecule has 3 atom stereocenters. The van der Waals surface area contributed by atoms with E-state index in [1.807, 2.05) is 24.0 Å². The van der Waals surface area contributed by atoms with Gasteiger partial charge in [0.25, 0.3) is 5.91 Å². The Balaban J connectivity index is 1.35. The summed E-state index contributed by atoms with van der Waals surface area (Å²) >= 11 is 0. The summed E-state index contributed by atoms with van der Waals surface area (Å²) in [5, 5.41) is 0. The van der Waals surface area contributed by atoms with Crippen LogP contribution in [0.25, 0.3) is 0 Å². The number of fused-ring (bicyclic) bond motifs is 1. The van der Waals surface area contributed by atoms with Gasteiger partial charge in [-0.05, 0) is 56.7 Å². The van der Waals surface area contributed by atoms with Crippen molar-refractivity contribution in [1.29, 1.82) is 0 Å². The van der Waals surface area contributed by atoms with Gasteiger partial charge in [-0.1, -0.05) is 0 Å². The van der Waals surface area contributed by atoms with Crippen LogP contribution in [0.2, 0.25) is 0 Å². The summed E-state index contributed by atoms with van der Waals surface area (Å²) in [7, 11) is 0. The average Bonchev–Trinajstić information content (AvgIpc) is 3.24. The molecule has 3 aliphatic rings. The van der Waals surface area contributed by atoms with Crippen LogP contribution in [0.3, 0.4) is 0 Å². The Morgan fingerprint density at radius 3 is 2.88 bits per heavy atom. The molecule has 1 aromatic rings. The summed E-state index contributed by atoms with van der Waals surface area (Å²) in [4.78, 5) is 21.6. The van der Waals surface area contributed by atoms with Crippen molar-refractivity contribution in [2.45, 2.75) is 32.3 Å². The van der Waals surface area contributed by atoms with E-state index < -0.39 is 0 Å². The minimum absolute atomic E-state index is 0.141. The monoisotopic (exact) mass is 329 g/mol. The molecular weight excluding hydrogens is 302 g/mol. The number of carbonyl (C=O) groups is 1. The zero-order valence-corrected chi connectivity index (χ0v) is 14.5. The quantitative estimate of drug-likeness (QED) is 0.850. The van der Waals surface area contributed by atoms with Gasteiger partial charge in [-0.15, -0.1) is 0 Å². The van der Waals surface area contributed by atoms with E-state index in [2.05, 4.69) is 9.88 Å². The maximum Gasteiger partial charge on any atom is 0.255 e. The molecule has 3 fully saturated rings. The summed E-state index contributed by atoms with van der Waals surface area (Å²) in [5.41, 5.74) is 1.67. The first-order chi connectivity index (χ1) is 11.7. The van der Waals surface area contributed by atoms with Crippen LogP contribution >= 0.6 is 0 Å². The van der Waals surface area contributed by atoms with Gasteiger partial charge in [0.2, 0.25) is 0 Å². The van der Waals surface area contributed by atoms with Gasteiger partial charge in [-0.2, -0.15) is 0 Å². The molecule has 5 nitrogen and oxygen atoms in total. The predicted molar refractivity (Wildman–Crippen MR) is 91.9 cm³/mol. The van der Waals surface area contributed by atoms with Crippen molar-refractivity contribution in [3.8, 4) is 0 Å². The maximum absolute atomic E-state index is 12.7. The van der Waals surface area contributed by atoms with Crippen LogP contribution in [0.1, 0.15) is 35.3 Å². The van der Waals surface area contributed by atoms with E-state index in [1.54, 1.807) is 6.20 Å². The number of amides is 1. The summed E-state index contributed by atoms with van der Waals surface area (Å²) in [5.74, 6) is 1.41. The van der Waals surface area contributed by atoms with E-state index in [4.69, 9.17) is 4.74 Å². The van der Waals surface area contributed by atoms with E-state index in [0.29, 0.717) is 17.9 Å². The number of ether oxygens (including phenoxy) is 1. The first-order valence-electron chi connectivity index (χ1n) is 9.25. The molecule has 0 radical (unpaired) electrons. The van der Waals surface area contributed by atoms with Crippen LogP contribution in [0.15, 0.2) is 18.3 Å². The fourth-order valence-corrected chi connectivity index (χ4v) is 4.43. The number of hydrogen-bond donors (Lipinski definition) is 0. The normalized spacial score (nSPS) is 30.5. The Hall–Kier alpha value is -1.46. The van der Waals surface area contributed by atoms with Gasteiger partial charge in [0.1, 0.15) is 0 Å². The van der Waals surface area contributed by atoms with E-state index in [1.165, 1.54) is 19.3 Å². The number of carbonyl (C=O) groups excluding carboxylic acids is 1. The lowest BCUT2D eigenvalue weighted by Gasteiger charge is -2.35. The standard InChI is InChI=1S/C19H27N3O2/c1-14-4-5-15(9-20-14)19(23)22-11-16-6-7-21(10-17(16)12-22)13-18-3-2-8-24-18/h4-5,9,16-18H,2-3,6-8,10-13H2,1H3/t16-,17+,18?/m0/s1. The number of hydrogen-bond acceptors (Lipinski definition) is 4. The molecule has 5 heteroatoms. The van der Waals surface area contributed by atoms with E-state index in [0.717, 1.165) is 50.6 Å². The van der Waals surface area contributed by atoms with Crippen molar-refractivity contribution in [2.75, 3.05) is 39.3 Å². The Bertz CT molecular complexity index is 583. The van der Waals surface area contributed by atoms with Crippen molar-refractivity contribution in [2.24, 2.45) is 11.8 Å². The molecule has 3 aliphatic heterocycles. The van der Waals surface area contributed by atoms with Gasteiger partial charge in [-0.3, -0.25) is 9.78 Å². The van der Waals surface area contributed by atoms with Gasteiger partial charge in [0.15, 0.2) is 0 Å². The molecule has 0 aromatic carbocycles. The van der Waals surface area contributed by atoms with Gasteiger partial charge >= 0.3 is 0 Å². The van der Waals surface area contributed by atoms with Gasteiger partial charge in [0.05, 0.1) is 11.7 Å². The lowest BCUT2D eigenvalue weighted by atomic mass is 9.88. The van der Waals surface area contributed by atoms with Gasteiger partial charge in [-0.25, -0.2) is 0 Å². The largest absolute Gasteiger partial charge is 0.377 e. The number of rotatable bonds is 3. The lowest BCUT2D eigenvalue weighted by Crippen LogP contribution is -2.43. The number of pyridine rings is 1. The zero-order valence-electron chi connectivity index (χ0n) is 14.5. The summed E-state index contributed by atoms with van der Waals surface area (Å²) in [6.07, 6.45) is 5.75.